The first-order chi connectivity index (χ1) is 12.2. The van der Waals surface area contributed by atoms with Crippen molar-refractivity contribution in [3.05, 3.63) is 71.8 Å². The van der Waals surface area contributed by atoms with Gasteiger partial charge in [0.1, 0.15) is 11.6 Å². The van der Waals surface area contributed by atoms with E-state index in [1.54, 1.807) is 42.6 Å². The Hall–Kier alpha value is -3.08. The van der Waals surface area contributed by atoms with Gasteiger partial charge in [0.25, 0.3) is 0 Å². The Kier molecular flexibility index (Phi) is 3.98. The Bertz CT molecular complexity index is 941. The molecule has 0 spiro atoms. The van der Waals surface area contributed by atoms with Crippen LogP contribution in [0.5, 0.6) is 0 Å². The number of halogens is 1. The molecule has 3 aromatic rings. The Morgan fingerprint density at radius 2 is 1.88 bits per heavy atom. The molecule has 0 aliphatic heterocycles. The van der Waals surface area contributed by atoms with Gasteiger partial charge in [0.15, 0.2) is 5.78 Å². The number of rotatable bonds is 3. The van der Waals surface area contributed by atoms with E-state index in [0.717, 1.165) is 18.5 Å². The number of ketones is 1. The molecule has 25 heavy (non-hydrogen) atoms. The lowest BCUT2D eigenvalue weighted by Gasteiger charge is -2.15. The van der Waals surface area contributed by atoms with E-state index in [2.05, 4.69) is 15.3 Å². The highest BCUT2D eigenvalue weighted by Crippen LogP contribution is 2.26. The highest BCUT2D eigenvalue weighted by atomic mass is 19.1. The first-order valence-corrected chi connectivity index (χ1v) is 8.22. The lowest BCUT2D eigenvalue weighted by atomic mass is 9.95. The third-order valence-electron chi connectivity index (χ3n) is 4.27. The van der Waals surface area contributed by atoms with Crippen LogP contribution >= 0.6 is 0 Å². The summed E-state index contributed by atoms with van der Waals surface area (Å²) in [7, 11) is 0. The summed E-state index contributed by atoms with van der Waals surface area (Å²) in [6.45, 7) is 0. The van der Waals surface area contributed by atoms with Gasteiger partial charge in [-0.2, -0.15) is 0 Å². The van der Waals surface area contributed by atoms with E-state index >= 15 is 0 Å². The average Bonchev–Trinajstić information content (AvgIpc) is 2.63. The van der Waals surface area contributed by atoms with Crippen LogP contribution in [0.1, 0.15) is 28.9 Å². The Balaban J connectivity index is 1.59. The first-order valence-electron chi connectivity index (χ1n) is 8.22. The molecule has 1 N–H and O–H groups in total. The minimum Gasteiger partial charge on any atom is -0.340 e. The number of hydrogen-bond acceptors (Lipinski definition) is 4. The molecule has 0 unspecified atom stereocenters. The highest BCUT2D eigenvalue weighted by molar-refractivity contribution is 5.98. The largest absolute Gasteiger partial charge is 0.340 e. The molecule has 5 heteroatoms. The van der Waals surface area contributed by atoms with Gasteiger partial charge in [-0.05, 0) is 55.3 Å². The van der Waals surface area contributed by atoms with Crippen LogP contribution in [0.15, 0.2) is 54.7 Å². The Morgan fingerprint density at radius 1 is 1.00 bits per heavy atom. The second-order valence-electron chi connectivity index (χ2n) is 6.00. The van der Waals surface area contributed by atoms with Gasteiger partial charge < -0.3 is 5.32 Å². The molecule has 1 aliphatic carbocycles. The van der Waals surface area contributed by atoms with Gasteiger partial charge in [0.05, 0.1) is 11.4 Å². The van der Waals surface area contributed by atoms with Crippen molar-refractivity contribution >= 4 is 17.3 Å². The highest BCUT2D eigenvalue weighted by Gasteiger charge is 2.18. The van der Waals surface area contributed by atoms with E-state index in [1.165, 1.54) is 6.07 Å². The van der Waals surface area contributed by atoms with Gasteiger partial charge in [-0.1, -0.05) is 6.07 Å². The van der Waals surface area contributed by atoms with Gasteiger partial charge in [-0.15, -0.1) is 0 Å². The molecular formula is C20H16FN3O. The van der Waals surface area contributed by atoms with E-state index < -0.39 is 0 Å². The minimum absolute atomic E-state index is 0.144. The summed E-state index contributed by atoms with van der Waals surface area (Å²) in [4.78, 5) is 20.5. The van der Waals surface area contributed by atoms with Crippen LogP contribution < -0.4 is 5.32 Å². The number of nitrogens with zero attached hydrogens (tertiary/aromatic N) is 2. The molecule has 2 heterocycles. The fourth-order valence-corrected chi connectivity index (χ4v) is 3.04. The molecular weight excluding hydrogens is 317 g/mol. The number of aromatic nitrogens is 2. The summed E-state index contributed by atoms with van der Waals surface area (Å²) in [5, 5.41) is 3.11. The number of pyridine rings is 2. The van der Waals surface area contributed by atoms with Crippen LogP contribution in [0, 0.1) is 5.82 Å². The third kappa shape index (κ3) is 3.13. The summed E-state index contributed by atoms with van der Waals surface area (Å²) in [5.41, 5.74) is 3.17. The average molecular weight is 333 g/mol. The molecule has 124 valence electrons. The van der Waals surface area contributed by atoms with Crippen LogP contribution in [0.3, 0.4) is 0 Å². The van der Waals surface area contributed by atoms with Crippen LogP contribution in [0.4, 0.5) is 15.9 Å². The lowest BCUT2D eigenvalue weighted by Crippen LogP contribution is -2.13. The summed E-state index contributed by atoms with van der Waals surface area (Å²) >= 11 is 0. The van der Waals surface area contributed by atoms with Crippen molar-refractivity contribution in [3.63, 3.8) is 0 Å². The number of Topliss-reactive ketones (excluding diaryl/α,β-unsaturated/α-hetero) is 1. The standard InChI is InChI=1S/C20H16FN3O/c21-16-12-13(7-8-14(16)17-4-1-2-11-22-17)23-20-10-9-15-18(24-20)5-3-6-19(15)25/h1-2,4,7-12H,3,5-6H2,(H,23,24). The molecule has 4 rings (SSSR count). The molecule has 0 fully saturated rings. The van der Waals surface area contributed by atoms with Crippen molar-refractivity contribution in [1.82, 2.24) is 9.97 Å². The minimum atomic E-state index is -0.350. The predicted molar refractivity (Wildman–Crippen MR) is 94.4 cm³/mol. The molecule has 0 saturated carbocycles. The van der Waals surface area contributed by atoms with Crippen molar-refractivity contribution < 1.29 is 9.18 Å². The maximum Gasteiger partial charge on any atom is 0.164 e. The smallest absolute Gasteiger partial charge is 0.164 e. The summed E-state index contributed by atoms with van der Waals surface area (Å²) in [5.74, 6) is 0.404. The van der Waals surface area contributed by atoms with Crippen molar-refractivity contribution in [3.8, 4) is 11.3 Å². The zero-order valence-corrected chi connectivity index (χ0v) is 13.5. The third-order valence-corrected chi connectivity index (χ3v) is 4.27. The fraction of sp³-hybridized carbons (Fsp3) is 0.150. The zero-order valence-electron chi connectivity index (χ0n) is 13.5. The number of carbonyl (C=O) groups excluding carboxylic acids is 1. The fourth-order valence-electron chi connectivity index (χ4n) is 3.04. The van der Waals surface area contributed by atoms with E-state index in [-0.39, 0.29) is 11.6 Å². The van der Waals surface area contributed by atoms with Gasteiger partial charge in [0.2, 0.25) is 0 Å². The van der Waals surface area contributed by atoms with Crippen LogP contribution in [0.2, 0.25) is 0 Å². The van der Waals surface area contributed by atoms with Crippen molar-refractivity contribution in [2.24, 2.45) is 0 Å². The number of aryl methyl sites for hydroxylation is 1. The lowest BCUT2D eigenvalue weighted by molar-refractivity contribution is 0.0971. The molecule has 0 amide bonds. The molecule has 0 atom stereocenters. The molecule has 0 radical (unpaired) electrons. The number of benzene rings is 1. The number of fused-ring (bicyclic) bond motifs is 1. The molecule has 2 aromatic heterocycles. The van der Waals surface area contributed by atoms with Gasteiger partial charge >= 0.3 is 0 Å². The van der Waals surface area contributed by atoms with E-state index in [1.807, 2.05) is 6.07 Å². The van der Waals surface area contributed by atoms with Crippen LogP contribution in [0.25, 0.3) is 11.3 Å². The summed E-state index contributed by atoms with van der Waals surface area (Å²) < 4.78 is 14.4. The molecule has 1 aromatic carbocycles. The maximum absolute atomic E-state index is 14.4. The van der Waals surface area contributed by atoms with E-state index in [9.17, 15) is 9.18 Å². The zero-order chi connectivity index (χ0) is 17.2. The van der Waals surface area contributed by atoms with Crippen LogP contribution in [-0.4, -0.2) is 15.8 Å². The monoisotopic (exact) mass is 333 g/mol. The molecule has 4 nitrogen and oxygen atoms in total. The molecule has 1 aliphatic rings. The number of carbonyl (C=O) groups is 1. The molecule has 0 bridgehead atoms. The quantitative estimate of drug-likeness (QED) is 0.764. The number of anilines is 2. The maximum atomic E-state index is 14.4. The van der Waals surface area contributed by atoms with Crippen LogP contribution in [-0.2, 0) is 6.42 Å². The van der Waals surface area contributed by atoms with E-state index in [0.29, 0.717) is 34.7 Å². The first kappa shape index (κ1) is 15.4. The topological polar surface area (TPSA) is 54.9 Å². The van der Waals surface area contributed by atoms with Crippen molar-refractivity contribution in [2.75, 3.05) is 5.32 Å². The molecule has 0 saturated heterocycles. The van der Waals surface area contributed by atoms with Crippen molar-refractivity contribution in [2.45, 2.75) is 19.3 Å². The van der Waals surface area contributed by atoms with Gasteiger partial charge in [-0.3, -0.25) is 9.78 Å². The van der Waals surface area contributed by atoms with Gasteiger partial charge in [-0.25, -0.2) is 9.37 Å². The van der Waals surface area contributed by atoms with Gasteiger partial charge in [0, 0.05) is 29.4 Å². The summed E-state index contributed by atoms with van der Waals surface area (Å²) in [6.07, 6.45) is 3.85. The second kappa shape index (κ2) is 6.43. The van der Waals surface area contributed by atoms with Crippen molar-refractivity contribution in [1.29, 1.82) is 0 Å². The Labute approximate surface area is 144 Å². The second-order valence-corrected chi connectivity index (χ2v) is 6.00. The number of hydrogen-bond donors (Lipinski definition) is 1. The number of nitrogens with one attached hydrogen (secondary N) is 1. The normalized spacial score (nSPS) is 13.4. The summed E-state index contributed by atoms with van der Waals surface area (Å²) in [6, 6.07) is 13.9. The Morgan fingerprint density at radius 3 is 2.68 bits per heavy atom. The predicted octanol–water partition coefficient (Wildman–Crippen LogP) is 4.55. The SMILES string of the molecule is O=C1CCCc2nc(Nc3ccc(-c4ccccn4)c(F)c3)ccc21. The van der Waals surface area contributed by atoms with E-state index in [4.69, 9.17) is 0 Å².